The molecule has 2 aliphatic heterocycles. The molecule has 24 heavy (non-hydrogen) atoms. The van der Waals surface area contributed by atoms with Gasteiger partial charge in [0.15, 0.2) is 15.7 Å². The summed E-state index contributed by atoms with van der Waals surface area (Å²) in [5.41, 5.74) is 1.03. The molecule has 2 fully saturated rings. The monoisotopic (exact) mass is 472 g/mol. The number of rotatable bonds is 2. The largest absolute Gasteiger partial charge is 0.342 e. The van der Waals surface area contributed by atoms with Crippen molar-refractivity contribution in [2.75, 3.05) is 4.90 Å². The molecule has 0 amide bonds. The number of aromatic nitrogens is 3. The topological polar surface area (TPSA) is 34.0 Å². The first-order valence-corrected chi connectivity index (χ1v) is 11.0. The fourth-order valence-electron chi connectivity index (χ4n) is 3.95. The quantitative estimate of drug-likeness (QED) is 0.563. The molecule has 2 bridgehead atoms. The normalized spacial score (nSPS) is 24.0. The van der Waals surface area contributed by atoms with Gasteiger partial charge >= 0.3 is 0 Å². The second kappa shape index (κ2) is 6.09. The first-order valence-electron chi connectivity index (χ1n) is 8.54. The van der Waals surface area contributed by atoms with Crippen molar-refractivity contribution in [2.24, 2.45) is 0 Å². The van der Waals surface area contributed by atoms with Gasteiger partial charge in [-0.15, -0.1) is 11.3 Å². The first kappa shape index (κ1) is 17.0. The molecule has 2 aromatic rings. The standard InChI is InChI=1S/C17H22Br2N4S/c1-17(2,3)13-14(18)23(15(19)21-13)12-9-24-16(20-12)22-10-5-4-6-11(22)8-7-10/h9-11H,4-8H2,1-3H3/t10-,11+. The molecule has 0 unspecified atom stereocenters. The number of hydrogen-bond acceptors (Lipinski definition) is 4. The van der Waals surface area contributed by atoms with Crippen LogP contribution in [0.25, 0.3) is 5.82 Å². The Hall–Kier alpha value is -0.400. The molecule has 4 heterocycles. The van der Waals surface area contributed by atoms with Crippen LogP contribution < -0.4 is 4.90 Å². The number of halogens is 2. The second-order valence-electron chi connectivity index (χ2n) is 7.82. The van der Waals surface area contributed by atoms with Crippen molar-refractivity contribution >= 4 is 48.3 Å². The third-order valence-electron chi connectivity index (χ3n) is 5.12. The lowest BCUT2D eigenvalue weighted by Gasteiger charge is -2.34. The van der Waals surface area contributed by atoms with E-state index in [9.17, 15) is 0 Å². The third kappa shape index (κ3) is 2.76. The number of thiazole rings is 1. The van der Waals surface area contributed by atoms with E-state index >= 15 is 0 Å². The van der Waals surface area contributed by atoms with Crippen molar-refractivity contribution in [1.82, 2.24) is 14.5 Å². The summed E-state index contributed by atoms with van der Waals surface area (Å²) in [5.74, 6) is 0.946. The van der Waals surface area contributed by atoms with Crippen LogP contribution in [0.2, 0.25) is 0 Å². The number of nitrogens with zero attached hydrogens (tertiary/aromatic N) is 4. The molecule has 7 heteroatoms. The third-order valence-corrected chi connectivity index (χ3v) is 7.22. The molecule has 0 aliphatic carbocycles. The molecular formula is C17H22Br2N4S. The fraction of sp³-hybridized carbons (Fsp3) is 0.647. The van der Waals surface area contributed by atoms with Crippen LogP contribution in [0.4, 0.5) is 5.13 Å². The van der Waals surface area contributed by atoms with E-state index in [1.807, 2.05) is 0 Å². The summed E-state index contributed by atoms with van der Waals surface area (Å²) >= 11 is 9.11. The fourth-order valence-corrected chi connectivity index (χ4v) is 6.70. The smallest absolute Gasteiger partial charge is 0.187 e. The zero-order valence-electron chi connectivity index (χ0n) is 14.2. The van der Waals surface area contributed by atoms with E-state index in [2.05, 4.69) is 67.5 Å². The van der Waals surface area contributed by atoms with E-state index in [4.69, 9.17) is 9.97 Å². The van der Waals surface area contributed by atoms with Gasteiger partial charge in [-0.25, -0.2) is 9.97 Å². The highest BCUT2D eigenvalue weighted by molar-refractivity contribution is 9.11. The van der Waals surface area contributed by atoms with Gasteiger partial charge in [0.25, 0.3) is 0 Å². The van der Waals surface area contributed by atoms with Gasteiger partial charge in [0.1, 0.15) is 4.60 Å². The SMILES string of the molecule is CC(C)(C)c1nc(Br)n(-c2csc(N3[C@@H]4CCC[C@H]3CC4)n2)c1Br. The molecule has 0 radical (unpaired) electrons. The highest BCUT2D eigenvalue weighted by Crippen LogP contribution is 2.41. The number of fused-ring (bicyclic) bond motifs is 2. The lowest BCUT2D eigenvalue weighted by atomic mass is 9.93. The van der Waals surface area contributed by atoms with Gasteiger partial charge < -0.3 is 4.90 Å². The Kier molecular flexibility index (Phi) is 4.32. The molecular weight excluding hydrogens is 452 g/mol. The van der Waals surface area contributed by atoms with Crippen LogP contribution in [0.5, 0.6) is 0 Å². The molecule has 0 aromatic carbocycles. The van der Waals surface area contributed by atoms with E-state index in [0.717, 1.165) is 20.8 Å². The zero-order valence-corrected chi connectivity index (χ0v) is 18.2. The Bertz CT molecular complexity index is 745. The van der Waals surface area contributed by atoms with Gasteiger partial charge in [-0.05, 0) is 64.0 Å². The summed E-state index contributed by atoms with van der Waals surface area (Å²) < 4.78 is 3.85. The number of hydrogen-bond donors (Lipinski definition) is 0. The Labute approximate surface area is 163 Å². The van der Waals surface area contributed by atoms with E-state index in [-0.39, 0.29) is 5.41 Å². The van der Waals surface area contributed by atoms with E-state index in [1.165, 1.54) is 37.2 Å². The van der Waals surface area contributed by atoms with Crippen LogP contribution in [-0.4, -0.2) is 26.6 Å². The Morgan fingerprint density at radius 2 is 1.75 bits per heavy atom. The summed E-state index contributed by atoms with van der Waals surface area (Å²) in [5, 5.41) is 3.31. The Balaban J connectivity index is 1.70. The summed E-state index contributed by atoms with van der Waals surface area (Å²) in [6.07, 6.45) is 6.66. The highest BCUT2D eigenvalue weighted by atomic mass is 79.9. The molecule has 0 N–H and O–H groups in total. The van der Waals surface area contributed by atoms with Crippen molar-refractivity contribution < 1.29 is 0 Å². The van der Waals surface area contributed by atoms with Crippen LogP contribution in [0, 0.1) is 0 Å². The predicted molar refractivity (Wildman–Crippen MR) is 106 cm³/mol. The van der Waals surface area contributed by atoms with Crippen LogP contribution in [-0.2, 0) is 5.41 Å². The maximum atomic E-state index is 4.97. The lowest BCUT2D eigenvalue weighted by molar-refractivity contribution is 0.467. The molecule has 130 valence electrons. The molecule has 2 atom stereocenters. The minimum Gasteiger partial charge on any atom is -0.342 e. The van der Waals surface area contributed by atoms with Crippen LogP contribution in [0.1, 0.15) is 58.6 Å². The molecule has 2 aromatic heterocycles. The van der Waals surface area contributed by atoms with E-state index < -0.39 is 0 Å². The van der Waals surface area contributed by atoms with E-state index in [1.54, 1.807) is 11.3 Å². The molecule has 0 spiro atoms. The van der Waals surface area contributed by atoms with Crippen molar-refractivity contribution in [3.8, 4) is 5.82 Å². The maximum Gasteiger partial charge on any atom is 0.187 e. The van der Waals surface area contributed by atoms with Crippen molar-refractivity contribution in [1.29, 1.82) is 0 Å². The van der Waals surface area contributed by atoms with Gasteiger partial charge in [0, 0.05) is 22.9 Å². The van der Waals surface area contributed by atoms with Gasteiger partial charge in [0.05, 0.1) is 5.69 Å². The van der Waals surface area contributed by atoms with Gasteiger partial charge in [-0.1, -0.05) is 20.8 Å². The zero-order chi connectivity index (χ0) is 17.1. The van der Waals surface area contributed by atoms with Crippen molar-refractivity contribution in [3.05, 3.63) is 20.4 Å². The molecule has 4 rings (SSSR count). The van der Waals surface area contributed by atoms with E-state index in [0.29, 0.717) is 12.1 Å². The average molecular weight is 474 g/mol. The predicted octanol–water partition coefficient (Wildman–Crippen LogP) is 5.67. The number of imidazole rings is 1. The van der Waals surface area contributed by atoms with Crippen LogP contribution >= 0.6 is 43.2 Å². The van der Waals surface area contributed by atoms with Crippen LogP contribution in [0.15, 0.2) is 14.7 Å². The minimum absolute atomic E-state index is 0.0164. The van der Waals surface area contributed by atoms with Crippen LogP contribution in [0.3, 0.4) is 0 Å². The van der Waals surface area contributed by atoms with Gasteiger partial charge in [0.2, 0.25) is 0 Å². The average Bonchev–Trinajstić information content (AvgIpc) is 3.14. The number of anilines is 1. The molecule has 2 aliphatic rings. The highest BCUT2D eigenvalue weighted by Gasteiger charge is 2.38. The second-order valence-corrected chi connectivity index (χ2v) is 10.1. The molecule has 4 nitrogen and oxygen atoms in total. The summed E-state index contributed by atoms with van der Waals surface area (Å²) in [6, 6.07) is 1.39. The van der Waals surface area contributed by atoms with Gasteiger partial charge in [-0.2, -0.15) is 0 Å². The Morgan fingerprint density at radius 3 is 2.33 bits per heavy atom. The van der Waals surface area contributed by atoms with Crippen molar-refractivity contribution in [2.45, 2.75) is 70.4 Å². The van der Waals surface area contributed by atoms with Crippen molar-refractivity contribution in [3.63, 3.8) is 0 Å². The Morgan fingerprint density at radius 1 is 1.08 bits per heavy atom. The number of piperidine rings is 1. The molecule has 0 saturated carbocycles. The molecule has 2 saturated heterocycles. The minimum atomic E-state index is -0.0164. The maximum absolute atomic E-state index is 4.97. The first-order chi connectivity index (χ1) is 11.4. The summed E-state index contributed by atoms with van der Waals surface area (Å²) in [7, 11) is 0. The summed E-state index contributed by atoms with van der Waals surface area (Å²) in [4.78, 5) is 12.3. The lowest BCUT2D eigenvalue weighted by Crippen LogP contribution is -2.39. The van der Waals surface area contributed by atoms with Gasteiger partial charge in [-0.3, -0.25) is 4.57 Å². The summed E-state index contributed by atoms with van der Waals surface area (Å²) in [6.45, 7) is 6.53.